The van der Waals surface area contributed by atoms with Crippen molar-refractivity contribution in [1.82, 2.24) is 20.4 Å². The third-order valence-electron chi connectivity index (χ3n) is 4.44. The van der Waals surface area contributed by atoms with E-state index < -0.39 is 0 Å². The van der Waals surface area contributed by atoms with Gasteiger partial charge in [0, 0.05) is 6.04 Å². The molecule has 1 amide bonds. The molecular weight excluding hydrogens is 312 g/mol. The van der Waals surface area contributed by atoms with Crippen molar-refractivity contribution < 1.29 is 4.79 Å². The molecule has 0 radical (unpaired) electrons. The molecular formula is C17H21ClN4O. The predicted octanol–water partition coefficient (Wildman–Crippen LogP) is 2.56. The second kappa shape index (κ2) is 6.72. The van der Waals surface area contributed by atoms with E-state index in [-0.39, 0.29) is 11.9 Å². The van der Waals surface area contributed by atoms with Crippen LogP contribution in [0.25, 0.3) is 5.69 Å². The standard InChI is InChI=1S/C17H21ClN4O/c1-11-9-19-8-7-15(11)21-17(23)13-10-20-22(12(13)2)16-6-4-3-5-14(16)18/h3-6,10-11,15,19H,7-9H2,1-2H3,(H,21,23). The van der Waals surface area contributed by atoms with Gasteiger partial charge >= 0.3 is 0 Å². The molecule has 2 unspecified atom stereocenters. The number of hydrogen-bond acceptors (Lipinski definition) is 3. The van der Waals surface area contributed by atoms with Crippen LogP contribution in [0.5, 0.6) is 0 Å². The van der Waals surface area contributed by atoms with E-state index in [0.717, 1.165) is 30.9 Å². The van der Waals surface area contributed by atoms with E-state index in [0.29, 0.717) is 16.5 Å². The molecule has 6 heteroatoms. The summed E-state index contributed by atoms with van der Waals surface area (Å²) in [5.74, 6) is 0.353. The van der Waals surface area contributed by atoms with Gasteiger partial charge in [0.25, 0.3) is 5.91 Å². The van der Waals surface area contributed by atoms with E-state index in [4.69, 9.17) is 11.6 Å². The Kier molecular flexibility index (Phi) is 4.68. The molecule has 3 rings (SSSR count). The van der Waals surface area contributed by atoms with Crippen LogP contribution in [0.1, 0.15) is 29.4 Å². The topological polar surface area (TPSA) is 59.0 Å². The molecule has 122 valence electrons. The van der Waals surface area contributed by atoms with E-state index in [1.165, 1.54) is 0 Å². The first-order chi connectivity index (χ1) is 11.1. The van der Waals surface area contributed by atoms with E-state index in [1.807, 2.05) is 31.2 Å². The number of piperidine rings is 1. The van der Waals surface area contributed by atoms with Crippen molar-refractivity contribution in [2.75, 3.05) is 13.1 Å². The van der Waals surface area contributed by atoms with Crippen LogP contribution in [0, 0.1) is 12.8 Å². The van der Waals surface area contributed by atoms with Gasteiger partial charge in [-0.1, -0.05) is 30.7 Å². The number of benzene rings is 1. The van der Waals surface area contributed by atoms with Crippen LogP contribution >= 0.6 is 11.6 Å². The molecule has 1 fully saturated rings. The highest BCUT2D eigenvalue weighted by atomic mass is 35.5. The first-order valence-corrected chi connectivity index (χ1v) is 8.27. The molecule has 5 nitrogen and oxygen atoms in total. The quantitative estimate of drug-likeness (QED) is 0.908. The number of carbonyl (C=O) groups excluding carboxylic acids is 1. The number of amides is 1. The second-order valence-electron chi connectivity index (χ2n) is 6.06. The molecule has 2 N–H and O–H groups in total. The molecule has 0 saturated carbocycles. The Morgan fingerprint density at radius 2 is 2.22 bits per heavy atom. The highest BCUT2D eigenvalue weighted by Gasteiger charge is 2.25. The summed E-state index contributed by atoms with van der Waals surface area (Å²) in [6.45, 7) is 5.91. The van der Waals surface area contributed by atoms with E-state index in [2.05, 4.69) is 22.7 Å². The zero-order valence-electron chi connectivity index (χ0n) is 13.3. The number of para-hydroxylation sites is 1. The molecule has 0 spiro atoms. The highest BCUT2D eigenvalue weighted by Crippen LogP contribution is 2.22. The Bertz CT molecular complexity index is 712. The molecule has 2 atom stereocenters. The smallest absolute Gasteiger partial charge is 0.254 e. The van der Waals surface area contributed by atoms with Crippen molar-refractivity contribution >= 4 is 17.5 Å². The summed E-state index contributed by atoms with van der Waals surface area (Å²) in [5, 5.41) is 11.4. The van der Waals surface area contributed by atoms with Gasteiger partial charge < -0.3 is 10.6 Å². The molecule has 0 bridgehead atoms. The fraction of sp³-hybridized carbons (Fsp3) is 0.412. The van der Waals surface area contributed by atoms with Gasteiger partial charge in [0.1, 0.15) is 0 Å². The average Bonchev–Trinajstić information content (AvgIpc) is 2.92. The van der Waals surface area contributed by atoms with Crippen molar-refractivity contribution in [2.24, 2.45) is 5.92 Å². The zero-order valence-corrected chi connectivity index (χ0v) is 14.1. The Morgan fingerprint density at radius 3 is 2.96 bits per heavy atom. The first kappa shape index (κ1) is 16.0. The second-order valence-corrected chi connectivity index (χ2v) is 6.46. The fourth-order valence-corrected chi connectivity index (χ4v) is 3.19. The number of aromatic nitrogens is 2. The number of nitrogens with zero attached hydrogens (tertiary/aromatic N) is 2. The van der Waals surface area contributed by atoms with E-state index >= 15 is 0 Å². The zero-order chi connectivity index (χ0) is 16.4. The maximum atomic E-state index is 12.6. The Labute approximate surface area is 141 Å². The molecule has 1 aliphatic heterocycles. The van der Waals surface area contributed by atoms with Crippen LogP contribution in [0.15, 0.2) is 30.5 Å². The van der Waals surface area contributed by atoms with Crippen molar-refractivity contribution in [3.63, 3.8) is 0 Å². The largest absolute Gasteiger partial charge is 0.349 e. The summed E-state index contributed by atoms with van der Waals surface area (Å²) in [4.78, 5) is 12.6. The normalized spacial score (nSPS) is 21.2. The minimum Gasteiger partial charge on any atom is -0.349 e. The van der Waals surface area contributed by atoms with Crippen molar-refractivity contribution in [3.05, 3.63) is 46.7 Å². The van der Waals surface area contributed by atoms with Gasteiger partial charge in [0.05, 0.1) is 28.2 Å². The summed E-state index contributed by atoms with van der Waals surface area (Å²) in [6, 6.07) is 7.68. The lowest BCUT2D eigenvalue weighted by Gasteiger charge is -2.30. The Morgan fingerprint density at radius 1 is 1.43 bits per heavy atom. The average molecular weight is 333 g/mol. The Hall–Kier alpha value is -1.85. The van der Waals surface area contributed by atoms with Crippen LogP contribution in [0.3, 0.4) is 0 Å². The monoisotopic (exact) mass is 332 g/mol. The first-order valence-electron chi connectivity index (χ1n) is 7.89. The Balaban J connectivity index is 1.81. The molecule has 1 aliphatic rings. The van der Waals surface area contributed by atoms with Crippen LogP contribution in [-0.2, 0) is 0 Å². The van der Waals surface area contributed by atoms with Crippen LogP contribution in [0.4, 0.5) is 0 Å². The number of rotatable bonds is 3. The van der Waals surface area contributed by atoms with Crippen molar-refractivity contribution in [2.45, 2.75) is 26.3 Å². The number of carbonyl (C=O) groups is 1. The van der Waals surface area contributed by atoms with Gasteiger partial charge in [-0.2, -0.15) is 5.10 Å². The molecule has 0 aliphatic carbocycles. The summed E-state index contributed by atoms with van der Waals surface area (Å²) < 4.78 is 1.71. The molecule has 1 saturated heterocycles. The molecule has 1 aromatic carbocycles. The van der Waals surface area contributed by atoms with Crippen LogP contribution in [0.2, 0.25) is 5.02 Å². The van der Waals surface area contributed by atoms with Gasteiger partial charge in [-0.15, -0.1) is 0 Å². The number of nitrogens with one attached hydrogen (secondary N) is 2. The summed E-state index contributed by atoms with van der Waals surface area (Å²) >= 11 is 6.23. The lowest BCUT2D eigenvalue weighted by Crippen LogP contribution is -2.48. The van der Waals surface area contributed by atoms with Crippen molar-refractivity contribution in [3.8, 4) is 5.69 Å². The van der Waals surface area contributed by atoms with Gasteiger partial charge in [0.15, 0.2) is 0 Å². The van der Waals surface area contributed by atoms with Gasteiger partial charge in [-0.05, 0) is 44.5 Å². The van der Waals surface area contributed by atoms with E-state index in [1.54, 1.807) is 10.9 Å². The van der Waals surface area contributed by atoms with Gasteiger partial charge in [-0.3, -0.25) is 4.79 Å². The predicted molar refractivity (Wildman–Crippen MR) is 91.2 cm³/mol. The highest BCUT2D eigenvalue weighted by molar-refractivity contribution is 6.32. The lowest BCUT2D eigenvalue weighted by atomic mass is 9.95. The molecule has 23 heavy (non-hydrogen) atoms. The van der Waals surface area contributed by atoms with Gasteiger partial charge in [0.2, 0.25) is 0 Å². The third kappa shape index (κ3) is 3.26. The maximum absolute atomic E-state index is 12.6. The minimum atomic E-state index is -0.0699. The molecule has 2 heterocycles. The fourth-order valence-electron chi connectivity index (χ4n) is 2.97. The minimum absolute atomic E-state index is 0.0699. The number of hydrogen-bond donors (Lipinski definition) is 2. The van der Waals surface area contributed by atoms with Crippen LogP contribution < -0.4 is 10.6 Å². The third-order valence-corrected chi connectivity index (χ3v) is 4.76. The molecule has 1 aromatic heterocycles. The SMILES string of the molecule is Cc1c(C(=O)NC2CCNCC2C)cnn1-c1ccccc1Cl. The summed E-state index contributed by atoms with van der Waals surface area (Å²) in [7, 11) is 0. The lowest BCUT2D eigenvalue weighted by molar-refractivity contribution is 0.0913. The summed E-state index contributed by atoms with van der Waals surface area (Å²) in [5.41, 5.74) is 2.16. The van der Waals surface area contributed by atoms with E-state index in [9.17, 15) is 4.79 Å². The van der Waals surface area contributed by atoms with Gasteiger partial charge in [-0.25, -0.2) is 4.68 Å². The van der Waals surface area contributed by atoms with Crippen LogP contribution in [-0.4, -0.2) is 34.8 Å². The van der Waals surface area contributed by atoms with Crippen molar-refractivity contribution in [1.29, 1.82) is 0 Å². The molecule has 2 aromatic rings. The summed E-state index contributed by atoms with van der Waals surface area (Å²) in [6.07, 6.45) is 2.56. The maximum Gasteiger partial charge on any atom is 0.254 e. The number of halogens is 1.